The lowest BCUT2D eigenvalue weighted by Gasteiger charge is -2.16. The highest BCUT2D eigenvalue weighted by Crippen LogP contribution is 2.21. The van der Waals surface area contributed by atoms with Gasteiger partial charge in [0.1, 0.15) is 23.4 Å². The third-order valence-electron chi connectivity index (χ3n) is 3.37. The summed E-state index contributed by atoms with van der Waals surface area (Å²) < 4.78 is 12.6. The molecule has 0 aliphatic carbocycles. The smallest absolute Gasteiger partial charge is 0.175 e. The van der Waals surface area contributed by atoms with Crippen molar-refractivity contribution in [2.45, 2.75) is 19.9 Å². The number of nitrogens with zero attached hydrogens (tertiary/aromatic N) is 4. The first kappa shape index (κ1) is 15.2. The Balaban J connectivity index is 1.75. The number of ether oxygens (including phenoxy) is 1. The van der Waals surface area contributed by atoms with Crippen LogP contribution >= 0.6 is 0 Å². The molecule has 0 aliphatic rings. The summed E-state index contributed by atoms with van der Waals surface area (Å²) in [6, 6.07) is 9.37. The first-order valence-corrected chi connectivity index (χ1v) is 7.34. The molecule has 0 aromatic carbocycles. The minimum Gasteiger partial charge on any atom is -0.464 e. The van der Waals surface area contributed by atoms with Crippen LogP contribution in [0.3, 0.4) is 0 Å². The molecule has 0 saturated carbocycles. The van der Waals surface area contributed by atoms with Crippen LogP contribution in [-0.4, -0.2) is 33.7 Å². The maximum atomic E-state index is 5.66. The van der Waals surface area contributed by atoms with Gasteiger partial charge in [0, 0.05) is 13.3 Å². The van der Waals surface area contributed by atoms with E-state index in [1.165, 1.54) is 0 Å². The molecular weight excluding hydrogens is 294 g/mol. The van der Waals surface area contributed by atoms with Crippen LogP contribution in [0.5, 0.6) is 0 Å². The fraction of sp³-hybridized carbons (Fsp3) is 0.312. The molecule has 3 rings (SSSR count). The van der Waals surface area contributed by atoms with E-state index in [2.05, 4.69) is 20.6 Å². The van der Waals surface area contributed by atoms with Crippen molar-refractivity contribution >= 4 is 5.82 Å². The molecule has 3 aromatic rings. The monoisotopic (exact) mass is 313 g/mol. The van der Waals surface area contributed by atoms with Crippen molar-refractivity contribution in [2.24, 2.45) is 0 Å². The van der Waals surface area contributed by atoms with Crippen molar-refractivity contribution in [3.63, 3.8) is 0 Å². The van der Waals surface area contributed by atoms with Gasteiger partial charge in [0.2, 0.25) is 0 Å². The van der Waals surface area contributed by atoms with Crippen LogP contribution < -0.4 is 5.32 Å². The first-order chi connectivity index (χ1) is 11.2. The van der Waals surface area contributed by atoms with E-state index in [1.54, 1.807) is 11.8 Å². The average Bonchev–Trinajstić information content (AvgIpc) is 3.16. The first-order valence-electron chi connectivity index (χ1n) is 7.34. The van der Waals surface area contributed by atoms with E-state index in [0.29, 0.717) is 18.2 Å². The van der Waals surface area contributed by atoms with Gasteiger partial charge in [0.15, 0.2) is 5.82 Å². The van der Waals surface area contributed by atoms with Gasteiger partial charge in [-0.1, -0.05) is 0 Å². The third kappa shape index (κ3) is 3.57. The highest BCUT2D eigenvalue weighted by Gasteiger charge is 2.16. The van der Waals surface area contributed by atoms with Crippen molar-refractivity contribution in [2.75, 3.05) is 19.0 Å². The Morgan fingerprint density at radius 1 is 1.17 bits per heavy atom. The summed E-state index contributed by atoms with van der Waals surface area (Å²) in [6.07, 6.45) is 1.85. The summed E-state index contributed by atoms with van der Waals surface area (Å²) in [5.41, 5.74) is 0.933. The second-order valence-electron chi connectivity index (χ2n) is 5.28. The van der Waals surface area contributed by atoms with Crippen molar-refractivity contribution < 1.29 is 9.15 Å². The topological polar surface area (TPSA) is 78.0 Å². The Morgan fingerprint density at radius 3 is 2.61 bits per heavy atom. The summed E-state index contributed by atoms with van der Waals surface area (Å²) >= 11 is 0. The predicted molar refractivity (Wildman–Crippen MR) is 85.6 cm³/mol. The van der Waals surface area contributed by atoms with Gasteiger partial charge in [-0.05, 0) is 44.2 Å². The lowest BCUT2D eigenvalue weighted by molar-refractivity contribution is 0.178. The Kier molecular flexibility index (Phi) is 4.38. The van der Waals surface area contributed by atoms with E-state index in [-0.39, 0.29) is 6.04 Å². The number of aromatic nitrogens is 4. The highest BCUT2D eigenvalue weighted by molar-refractivity contribution is 5.38. The summed E-state index contributed by atoms with van der Waals surface area (Å²) in [4.78, 5) is 0. The van der Waals surface area contributed by atoms with Crippen LogP contribution in [0.15, 0.2) is 40.9 Å². The molecule has 0 spiro atoms. The van der Waals surface area contributed by atoms with Gasteiger partial charge in [0.25, 0.3) is 0 Å². The van der Waals surface area contributed by atoms with Gasteiger partial charge < -0.3 is 14.5 Å². The molecule has 0 saturated heterocycles. The SMILES string of the molecule is COCC(Nc1ccc(-n2ccc(C)n2)nn1)c1ccc(C)o1. The second-order valence-corrected chi connectivity index (χ2v) is 5.28. The van der Waals surface area contributed by atoms with Crippen LogP contribution in [-0.2, 0) is 4.74 Å². The fourth-order valence-corrected chi connectivity index (χ4v) is 2.25. The van der Waals surface area contributed by atoms with Crippen LogP contribution in [0.2, 0.25) is 0 Å². The Hall–Kier alpha value is -2.67. The Bertz CT molecular complexity index is 763. The zero-order valence-electron chi connectivity index (χ0n) is 13.4. The quantitative estimate of drug-likeness (QED) is 0.754. The van der Waals surface area contributed by atoms with Crippen LogP contribution in [0, 0.1) is 13.8 Å². The number of nitrogens with one attached hydrogen (secondary N) is 1. The summed E-state index contributed by atoms with van der Waals surface area (Å²) in [6.45, 7) is 4.31. The maximum absolute atomic E-state index is 5.66. The largest absolute Gasteiger partial charge is 0.464 e. The number of rotatable bonds is 6. The molecule has 7 nitrogen and oxygen atoms in total. The molecule has 0 fully saturated rings. The lowest BCUT2D eigenvalue weighted by atomic mass is 10.2. The number of furan rings is 1. The molecule has 0 bridgehead atoms. The van der Waals surface area contributed by atoms with Crippen molar-refractivity contribution in [3.05, 3.63) is 53.7 Å². The van der Waals surface area contributed by atoms with Gasteiger partial charge >= 0.3 is 0 Å². The van der Waals surface area contributed by atoms with Crippen molar-refractivity contribution in [1.29, 1.82) is 0 Å². The molecule has 0 radical (unpaired) electrons. The molecule has 3 heterocycles. The maximum Gasteiger partial charge on any atom is 0.175 e. The molecule has 7 heteroatoms. The summed E-state index contributed by atoms with van der Waals surface area (Å²) in [5.74, 6) is 2.98. The van der Waals surface area contributed by atoms with E-state index < -0.39 is 0 Å². The highest BCUT2D eigenvalue weighted by atomic mass is 16.5. The summed E-state index contributed by atoms with van der Waals surface area (Å²) in [5, 5.41) is 16.0. The average molecular weight is 313 g/mol. The summed E-state index contributed by atoms with van der Waals surface area (Å²) in [7, 11) is 1.65. The molecule has 3 aromatic heterocycles. The van der Waals surface area contributed by atoms with E-state index >= 15 is 0 Å². The third-order valence-corrected chi connectivity index (χ3v) is 3.37. The molecule has 0 amide bonds. The lowest BCUT2D eigenvalue weighted by Crippen LogP contribution is -2.17. The molecule has 0 aliphatic heterocycles. The van der Waals surface area contributed by atoms with Crippen LogP contribution in [0.4, 0.5) is 5.82 Å². The Morgan fingerprint density at radius 2 is 2.04 bits per heavy atom. The van der Waals surface area contributed by atoms with Crippen molar-refractivity contribution in [3.8, 4) is 5.82 Å². The molecule has 1 N–H and O–H groups in total. The van der Waals surface area contributed by atoms with E-state index in [0.717, 1.165) is 17.2 Å². The molecule has 23 heavy (non-hydrogen) atoms. The van der Waals surface area contributed by atoms with Gasteiger partial charge in [-0.25, -0.2) is 4.68 Å². The van der Waals surface area contributed by atoms with Gasteiger partial charge in [-0.15, -0.1) is 10.2 Å². The molecule has 1 atom stereocenters. The van der Waals surface area contributed by atoms with Crippen LogP contribution in [0.25, 0.3) is 5.82 Å². The fourth-order valence-electron chi connectivity index (χ4n) is 2.25. The van der Waals surface area contributed by atoms with E-state index in [9.17, 15) is 0 Å². The number of aryl methyl sites for hydroxylation is 2. The molecule has 1 unspecified atom stereocenters. The number of hydrogen-bond acceptors (Lipinski definition) is 6. The zero-order chi connectivity index (χ0) is 16.2. The van der Waals surface area contributed by atoms with Crippen LogP contribution in [0.1, 0.15) is 23.3 Å². The predicted octanol–water partition coefficient (Wildman–Crippen LogP) is 2.67. The Labute approximate surface area is 134 Å². The van der Waals surface area contributed by atoms with Gasteiger partial charge in [0.05, 0.1) is 12.3 Å². The second kappa shape index (κ2) is 6.62. The van der Waals surface area contributed by atoms with E-state index in [4.69, 9.17) is 9.15 Å². The number of anilines is 1. The number of methoxy groups -OCH3 is 1. The normalized spacial score (nSPS) is 12.3. The van der Waals surface area contributed by atoms with Crippen molar-refractivity contribution in [1.82, 2.24) is 20.0 Å². The minimum atomic E-state index is -0.124. The zero-order valence-corrected chi connectivity index (χ0v) is 13.4. The standard InChI is InChI=1S/C16H19N5O2/c1-11-8-9-21(20-11)16-7-6-15(18-19-16)17-13(10-22-3)14-5-4-12(2)23-14/h4-9,13H,10H2,1-3H3,(H,17,18). The molecule has 120 valence electrons. The number of hydrogen-bond donors (Lipinski definition) is 1. The van der Waals surface area contributed by atoms with Gasteiger partial charge in [-0.2, -0.15) is 5.10 Å². The molecular formula is C16H19N5O2. The van der Waals surface area contributed by atoms with E-state index in [1.807, 2.05) is 50.4 Å². The minimum absolute atomic E-state index is 0.124. The van der Waals surface area contributed by atoms with Gasteiger partial charge in [-0.3, -0.25) is 0 Å².